The quantitative estimate of drug-likeness (QED) is 0.892. The molecule has 0 aliphatic carbocycles. The van der Waals surface area contributed by atoms with Crippen LogP contribution in [-0.4, -0.2) is 11.1 Å². The number of benzene rings is 1. The SMILES string of the molecule is Cc1cc(Br)ccc1C(C(=O)O)C(C)(C)C. The van der Waals surface area contributed by atoms with E-state index >= 15 is 0 Å². The number of carboxylic acid groups (broad SMARTS) is 1. The Kier molecular flexibility index (Phi) is 3.79. The van der Waals surface area contributed by atoms with Gasteiger partial charge >= 0.3 is 5.97 Å². The molecule has 16 heavy (non-hydrogen) atoms. The molecule has 0 aliphatic heterocycles. The molecule has 88 valence electrons. The average Bonchev–Trinajstić information content (AvgIpc) is 2.06. The van der Waals surface area contributed by atoms with Gasteiger partial charge in [0.25, 0.3) is 0 Å². The lowest BCUT2D eigenvalue weighted by atomic mass is 9.75. The van der Waals surface area contributed by atoms with Gasteiger partial charge in [0, 0.05) is 4.47 Å². The molecule has 0 fully saturated rings. The Balaban J connectivity index is 3.28. The first-order valence-corrected chi connectivity index (χ1v) is 6.01. The number of hydrogen-bond donors (Lipinski definition) is 1. The minimum absolute atomic E-state index is 0.287. The maximum atomic E-state index is 11.4. The highest BCUT2D eigenvalue weighted by Crippen LogP contribution is 2.37. The molecule has 0 saturated carbocycles. The first-order chi connectivity index (χ1) is 7.23. The molecule has 0 aromatic heterocycles. The molecular formula is C13H17BrO2. The van der Waals surface area contributed by atoms with E-state index in [2.05, 4.69) is 15.9 Å². The van der Waals surface area contributed by atoms with Crippen LogP contribution >= 0.6 is 15.9 Å². The lowest BCUT2D eigenvalue weighted by Gasteiger charge is -2.28. The van der Waals surface area contributed by atoms with Gasteiger partial charge in [-0.1, -0.05) is 42.8 Å². The van der Waals surface area contributed by atoms with Crippen molar-refractivity contribution in [1.29, 1.82) is 0 Å². The van der Waals surface area contributed by atoms with Crippen LogP contribution < -0.4 is 0 Å². The van der Waals surface area contributed by atoms with Gasteiger partial charge in [-0.2, -0.15) is 0 Å². The lowest BCUT2D eigenvalue weighted by molar-refractivity contribution is -0.141. The number of carbonyl (C=O) groups is 1. The molecule has 0 saturated heterocycles. The Morgan fingerprint density at radius 2 is 1.94 bits per heavy atom. The fraction of sp³-hybridized carbons (Fsp3) is 0.462. The van der Waals surface area contributed by atoms with Crippen molar-refractivity contribution in [1.82, 2.24) is 0 Å². The summed E-state index contributed by atoms with van der Waals surface area (Å²) >= 11 is 3.39. The van der Waals surface area contributed by atoms with Crippen molar-refractivity contribution in [2.24, 2.45) is 5.41 Å². The van der Waals surface area contributed by atoms with E-state index in [0.29, 0.717) is 0 Å². The Bertz CT molecular complexity index is 405. The van der Waals surface area contributed by atoms with Crippen molar-refractivity contribution in [3.05, 3.63) is 33.8 Å². The largest absolute Gasteiger partial charge is 0.481 e. The predicted molar refractivity (Wildman–Crippen MR) is 68.7 cm³/mol. The second-order valence-corrected chi connectivity index (χ2v) is 6.05. The second kappa shape index (κ2) is 4.58. The Hall–Kier alpha value is -0.830. The molecule has 0 aliphatic rings. The first kappa shape index (κ1) is 13.2. The van der Waals surface area contributed by atoms with Gasteiger partial charge in [0.05, 0.1) is 5.92 Å². The van der Waals surface area contributed by atoms with E-state index in [0.717, 1.165) is 15.6 Å². The van der Waals surface area contributed by atoms with Crippen LogP contribution in [0.15, 0.2) is 22.7 Å². The molecule has 0 radical (unpaired) electrons. The van der Waals surface area contributed by atoms with Crippen molar-refractivity contribution < 1.29 is 9.90 Å². The van der Waals surface area contributed by atoms with Crippen LogP contribution in [0.5, 0.6) is 0 Å². The normalized spacial score (nSPS) is 13.6. The van der Waals surface area contributed by atoms with E-state index in [1.807, 2.05) is 45.9 Å². The zero-order valence-electron chi connectivity index (χ0n) is 10.0. The molecule has 1 N–H and O–H groups in total. The zero-order valence-corrected chi connectivity index (χ0v) is 11.6. The maximum Gasteiger partial charge on any atom is 0.311 e. The number of aryl methyl sites for hydroxylation is 1. The third-order valence-corrected chi connectivity index (χ3v) is 3.15. The summed E-state index contributed by atoms with van der Waals surface area (Å²) in [6.07, 6.45) is 0. The molecular weight excluding hydrogens is 268 g/mol. The van der Waals surface area contributed by atoms with Gasteiger partial charge < -0.3 is 5.11 Å². The highest BCUT2D eigenvalue weighted by molar-refractivity contribution is 9.10. The molecule has 1 aromatic carbocycles. The summed E-state index contributed by atoms with van der Waals surface area (Å²) in [5, 5.41) is 9.34. The van der Waals surface area contributed by atoms with Crippen LogP contribution in [-0.2, 0) is 4.79 Å². The fourth-order valence-corrected chi connectivity index (χ4v) is 2.41. The fourth-order valence-electron chi connectivity index (χ4n) is 1.93. The summed E-state index contributed by atoms with van der Waals surface area (Å²) in [6, 6.07) is 5.74. The van der Waals surface area contributed by atoms with E-state index in [9.17, 15) is 9.90 Å². The molecule has 3 heteroatoms. The number of carboxylic acids is 1. The Morgan fingerprint density at radius 1 is 1.38 bits per heavy atom. The van der Waals surface area contributed by atoms with E-state index in [1.54, 1.807) is 0 Å². The summed E-state index contributed by atoms with van der Waals surface area (Å²) in [5.41, 5.74) is 1.62. The number of hydrogen-bond acceptors (Lipinski definition) is 1. The molecule has 1 atom stereocenters. The maximum absolute atomic E-state index is 11.4. The monoisotopic (exact) mass is 284 g/mol. The Morgan fingerprint density at radius 3 is 2.31 bits per heavy atom. The van der Waals surface area contributed by atoms with Crippen molar-refractivity contribution in [3.63, 3.8) is 0 Å². The van der Waals surface area contributed by atoms with Gasteiger partial charge in [-0.15, -0.1) is 0 Å². The highest BCUT2D eigenvalue weighted by Gasteiger charge is 2.33. The van der Waals surface area contributed by atoms with Crippen LogP contribution in [0.25, 0.3) is 0 Å². The Labute approximate surface area is 105 Å². The van der Waals surface area contributed by atoms with E-state index in [1.165, 1.54) is 0 Å². The van der Waals surface area contributed by atoms with Crippen LogP contribution in [0.2, 0.25) is 0 Å². The summed E-state index contributed by atoms with van der Waals surface area (Å²) in [7, 11) is 0. The third kappa shape index (κ3) is 2.85. The zero-order chi connectivity index (χ0) is 12.5. The molecule has 1 unspecified atom stereocenters. The van der Waals surface area contributed by atoms with E-state index < -0.39 is 11.9 Å². The molecule has 2 nitrogen and oxygen atoms in total. The van der Waals surface area contributed by atoms with Crippen molar-refractivity contribution in [2.75, 3.05) is 0 Å². The first-order valence-electron chi connectivity index (χ1n) is 5.22. The van der Waals surface area contributed by atoms with E-state index in [-0.39, 0.29) is 5.41 Å². The van der Waals surface area contributed by atoms with Gasteiger partial charge in [-0.3, -0.25) is 4.79 Å². The highest BCUT2D eigenvalue weighted by atomic mass is 79.9. The molecule has 0 spiro atoms. The summed E-state index contributed by atoms with van der Waals surface area (Å²) in [4.78, 5) is 11.4. The van der Waals surface area contributed by atoms with Gasteiger partial charge in [-0.05, 0) is 35.6 Å². The van der Waals surface area contributed by atoms with Crippen LogP contribution in [0.1, 0.15) is 37.8 Å². The molecule has 0 amide bonds. The van der Waals surface area contributed by atoms with Crippen molar-refractivity contribution in [2.45, 2.75) is 33.6 Å². The lowest BCUT2D eigenvalue weighted by Crippen LogP contribution is -2.26. The van der Waals surface area contributed by atoms with Crippen molar-refractivity contribution in [3.8, 4) is 0 Å². The van der Waals surface area contributed by atoms with Gasteiger partial charge in [-0.25, -0.2) is 0 Å². The van der Waals surface area contributed by atoms with Crippen LogP contribution in [0.3, 0.4) is 0 Å². The topological polar surface area (TPSA) is 37.3 Å². The average molecular weight is 285 g/mol. The number of rotatable bonds is 2. The third-order valence-electron chi connectivity index (χ3n) is 2.66. The summed E-state index contributed by atoms with van der Waals surface area (Å²) in [5.74, 6) is -1.24. The standard InChI is InChI=1S/C13H17BrO2/c1-8-7-9(14)5-6-10(8)11(12(15)16)13(2,3)4/h5-7,11H,1-4H3,(H,15,16). The second-order valence-electron chi connectivity index (χ2n) is 5.14. The predicted octanol–water partition coefficient (Wildman–Crippen LogP) is 3.97. The minimum atomic E-state index is -0.766. The minimum Gasteiger partial charge on any atom is -0.481 e. The van der Waals surface area contributed by atoms with Gasteiger partial charge in [0.1, 0.15) is 0 Å². The molecule has 1 aromatic rings. The summed E-state index contributed by atoms with van der Waals surface area (Å²) < 4.78 is 0.979. The van der Waals surface area contributed by atoms with E-state index in [4.69, 9.17) is 0 Å². The number of aliphatic carboxylic acids is 1. The van der Waals surface area contributed by atoms with Gasteiger partial charge in [0.2, 0.25) is 0 Å². The number of halogens is 1. The molecule has 0 bridgehead atoms. The smallest absolute Gasteiger partial charge is 0.311 e. The molecule has 0 heterocycles. The van der Waals surface area contributed by atoms with Gasteiger partial charge in [0.15, 0.2) is 0 Å². The van der Waals surface area contributed by atoms with Crippen molar-refractivity contribution >= 4 is 21.9 Å². The molecule has 1 rings (SSSR count). The van der Waals surface area contributed by atoms with Crippen LogP contribution in [0, 0.1) is 12.3 Å². The van der Waals surface area contributed by atoms with Crippen LogP contribution in [0.4, 0.5) is 0 Å². The summed E-state index contributed by atoms with van der Waals surface area (Å²) in [6.45, 7) is 7.80.